The molecule has 5 nitrogen and oxygen atoms in total. The summed E-state index contributed by atoms with van der Waals surface area (Å²) in [4.78, 5) is 21.4. The summed E-state index contributed by atoms with van der Waals surface area (Å²) in [7, 11) is 0. The molecule has 0 atom stereocenters. The number of hydrogen-bond donors (Lipinski definition) is 0. The normalized spacial score (nSPS) is 14.2. The van der Waals surface area contributed by atoms with E-state index in [0.717, 1.165) is 37.3 Å². The van der Waals surface area contributed by atoms with E-state index in [9.17, 15) is 4.79 Å². The molecule has 1 aliphatic heterocycles. The molecule has 1 saturated heterocycles. The number of anilines is 1. The second kappa shape index (κ2) is 10.2. The summed E-state index contributed by atoms with van der Waals surface area (Å²) in [5.74, 6) is 1.60. The van der Waals surface area contributed by atoms with Gasteiger partial charge in [0, 0.05) is 32.1 Å². The van der Waals surface area contributed by atoms with Gasteiger partial charge in [0.15, 0.2) is 0 Å². The Labute approximate surface area is 177 Å². The molecule has 3 rings (SSSR count). The van der Waals surface area contributed by atoms with E-state index in [4.69, 9.17) is 16.3 Å². The predicted octanol–water partition coefficient (Wildman–Crippen LogP) is 3.39. The summed E-state index contributed by atoms with van der Waals surface area (Å²) >= 11 is 6.04. The van der Waals surface area contributed by atoms with E-state index in [1.54, 1.807) is 24.7 Å². The molecular formula is C18H20ClN3O2U. The maximum absolute atomic E-state index is 11.0. The Morgan fingerprint density at radius 2 is 2.04 bits per heavy atom. The van der Waals surface area contributed by atoms with Crippen LogP contribution in [0.15, 0.2) is 30.7 Å². The third-order valence-electron chi connectivity index (χ3n) is 4.06. The first-order chi connectivity index (χ1) is 11.2. The van der Waals surface area contributed by atoms with Crippen molar-refractivity contribution in [1.29, 1.82) is 0 Å². The number of nitrogens with zero attached hydrogens (tertiary/aromatic N) is 3. The Balaban J connectivity index is 0.00000156. The fraction of sp³-hybridized carbons (Fsp3) is 0.333. The number of carbonyl (C=O) groups excluding carboxylic acids is 1. The smallest absolute Gasteiger partial charge is 0.503 e. The Morgan fingerprint density at radius 1 is 1.32 bits per heavy atom. The van der Waals surface area contributed by atoms with Gasteiger partial charge in [-0.3, -0.25) is 0 Å². The van der Waals surface area contributed by atoms with Crippen molar-refractivity contribution < 1.29 is 40.6 Å². The minimum Gasteiger partial charge on any atom is -0.503 e. The topological polar surface area (TPSA) is 55.3 Å². The molecule has 0 N–H and O–H groups in total. The summed E-state index contributed by atoms with van der Waals surface area (Å²) < 4.78 is 6.07. The number of piperidine rings is 1. The van der Waals surface area contributed by atoms with Crippen LogP contribution in [-0.2, 0) is 4.79 Å². The average molecular weight is 584 g/mol. The van der Waals surface area contributed by atoms with Gasteiger partial charge >= 0.3 is 31.1 Å². The summed E-state index contributed by atoms with van der Waals surface area (Å²) in [6.45, 7) is 3.59. The van der Waals surface area contributed by atoms with Crippen molar-refractivity contribution in [2.45, 2.75) is 25.9 Å². The fourth-order valence-electron chi connectivity index (χ4n) is 2.74. The van der Waals surface area contributed by atoms with Crippen LogP contribution in [0, 0.1) is 45.5 Å². The zero-order chi connectivity index (χ0) is 16.2. The predicted molar refractivity (Wildman–Crippen MR) is 95.3 cm³/mol. The van der Waals surface area contributed by atoms with Crippen LogP contribution in [0.1, 0.15) is 24.0 Å². The van der Waals surface area contributed by atoms with Crippen molar-refractivity contribution >= 4 is 23.7 Å². The zero-order valence-electron chi connectivity index (χ0n) is 14.3. The maximum Gasteiger partial charge on any atom is 2.00 e. The quantitative estimate of drug-likeness (QED) is 0.517. The number of benzene rings is 1. The van der Waals surface area contributed by atoms with Gasteiger partial charge in [-0.25, -0.2) is 9.97 Å². The number of rotatable bonds is 4. The summed E-state index contributed by atoms with van der Waals surface area (Å²) in [6, 6.07) is 5.28. The summed E-state index contributed by atoms with van der Waals surface area (Å²) in [5, 5.41) is 0.488. The number of ether oxygens (including phenoxy) is 1. The maximum atomic E-state index is 11.0. The minimum absolute atomic E-state index is 0. The molecule has 0 saturated carbocycles. The molecule has 1 aromatic heterocycles. The molecule has 2 aromatic rings. The molecule has 1 aliphatic rings. The van der Waals surface area contributed by atoms with Gasteiger partial charge in [0.05, 0.1) is 12.0 Å². The van der Waals surface area contributed by atoms with Crippen LogP contribution >= 0.6 is 11.6 Å². The van der Waals surface area contributed by atoms with E-state index in [-0.39, 0.29) is 44.6 Å². The van der Waals surface area contributed by atoms with E-state index < -0.39 is 0 Å². The molecule has 0 spiro atoms. The van der Waals surface area contributed by atoms with Crippen LogP contribution in [0.3, 0.4) is 0 Å². The third-order valence-corrected chi connectivity index (χ3v) is 4.28. The zero-order valence-corrected chi connectivity index (χ0v) is 19.2. The van der Waals surface area contributed by atoms with Crippen LogP contribution in [0.4, 0.5) is 5.82 Å². The van der Waals surface area contributed by atoms with E-state index in [2.05, 4.69) is 14.9 Å². The molecule has 1 fully saturated rings. The van der Waals surface area contributed by atoms with Crippen LogP contribution in [0.5, 0.6) is 5.75 Å². The Hall–Kier alpha value is -1.09. The van der Waals surface area contributed by atoms with E-state index in [0.29, 0.717) is 16.3 Å². The fourth-order valence-corrected chi connectivity index (χ4v) is 2.94. The molecule has 0 aliphatic carbocycles. The molecule has 0 amide bonds. The van der Waals surface area contributed by atoms with Gasteiger partial charge in [0.2, 0.25) is 0 Å². The number of hydrogen-bond acceptors (Lipinski definition) is 5. The number of aromatic nitrogens is 2. The first kappa shape index (κ1) is 22.0. The van der Waals surface area contributed by atoms with Crippen LogP contribution in [-0.4, -0.2) is 35.4 Å². The van der Waals surface area contributed by atoms with Gasteiger partial charge in [-0.2, -0.15) is 0 Å². The molecule has 1 aromatic carbocycles. The Bertz CT molecular complexity index is 692. The minimum atomic E-state index is 0. The van der Waals surface area contributed by atoms with Crippen LogP contribution in [0.25, 0.3) is 0 Å². The van der Waals surface area contributed by atoms with Crippen LogP contribution < -0.4 is 9.64 Å². The van der Waals surface area contributed by atoms with Crippen LogP contribution in [0.2, 0.25) is 5.02 Å². The summed E-state index contributed by atoms with van der Waals surface area (Å²) in [6.07, 6.45) is 7.09. The molecule has 0 radical (unpaired) electrons. The largest absolute Gasteiger partial charge is 2.00 e. The van der Waals surface area contributed by atoms with Crippen molar-refractivity contribution in [3.63, 3.8) is 0 Å². The second-order valence-electron chi connectivity index (χ2n) is 5.55. The molecule has 7 heteroatoms. The van der Waals surface area contributed by atoms with Gasteiger partial charge in [-0.05, 0) is 17.2 Å². The Kier molecular flexibility index (Phi) is 8.92. The van der Waals surface area contributed by atoms with Crippen molar-refractivity contribution in [2.24, 2.45) is 0 Å². The average Bonchev–Trinajstić information content (AvgIpc) is 2.59. The first-order valence-electron chi connectivity index (χ1n) is 7.53. The molecular weight excluding hydrogens is 564 g/mol. The van der Waals surface area contributed by atoms with Gasteiger partial charge in [0.25, 0.3) is 0 Å². The molecule has 2 heterocycles. The van der Waals surface area contributed by atoms with Gasteiger partial charge in [-0.1, -0.05) is 18.5 Å². The van der Waals surface area contributed by atoms with E-state index in [1.165, 1.54) is 0 Å². The Morgan fingerprint density at radius 3 is 2.64 bits per heavy atom. The monoisotopic (exact) mass is 583 g/mol. The second-order valence-corrected chi connectivity index (χ2v) is 5.99. The third kappa shape index (κ3) is 5.44. The first-order valence-corrected chi connectivity index (χ1v) is 7.91. The SMILES string of the molecule is Cc1c([C-]=O)cc(Cl)cc1OC1CCN(c2ccncn2)CC1.[CH3-].[U+2]. The van der Waals surface area contributed by atoms with E-state index in [1.807, 2.05) is 19.3 Å². The summed E-state index contributed by atoms with van der Waals surface area (Å²) in [5.41, 5.74) is 1.23. The van der Waals surface area contributed by atoms with Gasteiger partial charge < -0.3 is 21.9 Å². The molecule has 130 valence electrons. The van der Waals surface area contributed by atoms with Crippen molar-refractivity contribution in [3.8, 4) is 5.75 Å². The molecule has 0 unspecified atom stereocenters. The van der Waals surface area contributed by atoms with Gasteiger partial charge in [0.1, 0.15) is 18.2 Å². The molecule has 25 heavy (non-hydrogen) atoms. The van der Waals surface area contributed by atoms with Crippen molar-refractivity contribution in [3.05, 3.63) is 54.3 Å². The standard InChI is InChI=1S/C17H17ClN3O2.CH3.U/c1-12-13(10-22)8-14(18)9-16(12)23-15-3-6-21(7-4-15)17-2-5-19-11-20-17;;/h2,5,8-9,11,15H,3-4,6-7H2,1H3;1H3;/q2*-1;+2. The van der Waals surface area contributed by atoms with Crippen molar-refractivity contribution in [1.82, 2.24) is 9.97 Å². The van der Waals surface area contributed by atoms with Gasteiger partial charge in [-0.15, -0.1) is 17.2 Å². The number of halogens is 1. The van der Waals surface area contributed by atoms with Crippen molar-refractivity contribution in [2.75, 3.05) is 18.0 Å². The molecule has 0 bridgehead atoms. The van der Waals surface area contributed by atoms with E-state index >= 15 is 0 Å².